The van der Waals surface area contributed by atoms with E-state index in [1.54, 1.807) is 0 Å². The highest BCUT2D eigenvalue weighted by atomic mass is 32.2. The van der Waals surface area contributed by atoms with Gasteiger partial charge in [-0.15, -0.1) is 0 Å². The van der Waals surface area contributed by atoms with Gasteiger partial charge < -0.3 is 14.7 Å². The number of nitriles is 1. The molecule has 1 aliphatic heterocycles. The van der Waals surface area contributed by atoms with Gasteiger partial charge in [0.1, 0.15) is 5.82 Å². The molecule has 1 saturated heterocycles. The Bertz CT molecular complexity index is 945. The zero-order valence-electron chi connectivity index (χ0n) is 19.2. The van der Waals surface area contributed by atoms with Crippen molar-refractivity contribution in [1.29, 1.82) is 5.26 Å². The van der Waals surface area contributed by atoms with Gasteiger partial charge in [0.05, 0.1) is 36.5 Å². The largest absolute Gasteiger partial charge is 0.388 e. The van der Waals surface area contributed by atoms with Crippen molar-refractivity contribution >= 4 is 15.8 Å². The second-order valence-corrected chi connectivity index (χ2v) is 11.0. The zero-order valence-corrected chi connectivity index (χ0v) is 20.1. The first-order valence-electron chi connectivity index (χ1n) is 11.9. The molecule has 3 atom stereocenters. The molecule has 0 bridgehead atoms. The molecule has 1 saturated carbocycles. The molecule has 3 rings (SSSR count). The number of ether oxygens (including phenoxy) is 1. The Morgan fingerprint density at radius 1 is 1.33 bits per heavy atom. The van der Waals surface area contributed by atoms with Crippen LogP contribution in [0.1, 0.15) is 70.0 Å². The lowest BCUT2D eigenvalue weighted by atomic mass is 9.61. The van der Waals surface area contributed by atoms with Crippen LogP contribution in [-0.2, 0) is 14.9 Å². The maximum atomic E-state index is 14.6. The first-order valence-corrected chi connectivity index (χ1v) is 13.5. The molecule has 1 aliphatic carbocycles. The van der Waals surface area contributed by atoms with Gasteiger partial charge >= 0.3 is 0 Å². The average Bonchev–Trinajstić information content (AvgIpc) is 3.14. The van der Waals surface area contributed by atoms with E-state index in [2.05, 4.69) is 13.0 Å². The molecule has 0 aromatic heterocycles. The summed E-state index contributed by atoms with van der Waals surface area (Å²) in [6.07, 6.45) is 5.55. The van der Waals surface area contributed by atoms with Crippen molar-refractivity contribution in [1.82, 2.24) is 0 Å². The topological polar surface area (TPSA) is 111 Å². The van der Waals surface area contributed by atoms with E-state index in [1.807, 2.05) is 11.0 Å². The SMILES string of the molecule is CCCC1(C(O)c2cc(F)cc(N3CCC(C#N)C3COCCCCS(=O)(=O)O)c2)CCC1. The van der Waals surface area contributed by atoms with Crippen LogP contribution in [0, 0.1) is 28.5 Å². The van der Waals surface area contributed by atoms with Gasteiger partial charge in [0.15, 0.2) is 0 Å². The first-order chi connectivity index (χ1) is 15.7. The Balaban J connectivity index is 1.69. The molecule has 3 unspecified atom stereocenters. The fraction of sp³-hybridized carbons (Fsp3) is 0.708. The molecule has 1 aromatic carbocycles. The van der Waals surface area contributed by atoms with E-state index >= 15 is 0 Å². The van der Waals surface area contributed by atoms with Crippen molar-refractivity contribution in [2.24, 2.45) is 11.3 Å². The van der Waals surface area contributed by atoms with Crippen molar-refractivity contribution in [3.8, 4) is 6.07 Å². The number of rotatable bonds is 12. The van der Waals surface area contributed by atoms with Crippen LogP contribution in [0.25, 0.3) is 0 Å². The minimum absolute atomic E-state index is 0.176. The number of aliphatic hydroxyl groups excluding tert-OH is 1. The molecule has 1 aromatic rings. The van der Waals surface area contributed by atoms with E-state index in [9.17, 15) is 23.2 Å². The maximum absolute atomic E-state index is 14.6. The number of benzene rings is 1. The molecule has 2 aliphatic rings. The van der Waals surface area contributed by atoms with Crippen LogP contribution in [0.5, 0.6) is 0 Å². The fourth-order valence-corrected chi connectivity index (χ4v) is 5.85. The van der Waals surface area contributed by atoms with Gasteiger partial charge in [0.2, 0.25) is 0 Å². The monoisotopic (exact) mass is 482 g/mol. The van der Waals surface area contributed by atoms with Crippen LogP contribution in [0.4, 0.5) is 10.1 Å². The van der Waals surface area contributed by atoms with Crippen LogP contribution >= 0.6 is 0 Å². The lowest BCUT2D eigenvalue weighted by Crippen LogP contribution is -2.38. The predicted molar refractivity (Wildman–Crippen MR) is 124 cm³/mol. The molecule has 0 radical (unpaired) electrons. The van der Waals surface area contributed by atoms with Crippen LogP contribution in [0.15, 0.2) is 18.2 Å². The van der Waals surface area contributed by atoms with E-state index in [1.165, 1.54) is 12.1 Å². The molecule has 2 N–H and O–H groups in total. The molecule has 0 spiro atoms. The number of anilines is 1. The van der Waals surface area contributed by atoms with Gasteiger partial charge in [-0.25, -0.2) is 4.39 Å². The summed E-state index contributed by atoms with van der Waals surface area (Å²) < 4.78 is 50.8. The smallest absolute Gasteiger partial charge is 0.264 e. The van der Waals surface area contributed by atoms with Crippen molar-refractivity contribution in [2.45, 2.75) is 70.4 Å². The molecule has 7 nitrogen and oxygen atoms in total. The minimum Gasteiger partial charge on any atom is -0.388 e. The normalized spacial score (nSPS) is 23.2. The quantitative estimate of drug-likeness (QED) is 0.339. The number of unbranched alkanes of at least 4 members (excludes halogenated alkanes) is 1. The lowest BCUT2D eigenvalue weighted by Gasteiger charge is -2.46. The van der Waals surface area contributed by atoms with Crippen molar-refractivity contribution < 1.29 is 27.2 Å². The summed E-state index contributed by atoms with van der Waals surface area (Å²) in [5.74, 6) is -0.976. The Labute approximate surface area is 196 Å². The van der Waals surface area contributed by atoms with Gasteiger partial charge in [-0.1, -0.05) is 19.8 Å². The molecule has 2 fully saturated rings. The Morgan fingerprint density at radius 3 is 2.70 bits per heavy atom. The third-order valence-electron chi connectivity index (χ3n) is 7.17. The second kappa shape index (κ2) is 11.1. The van der Waals surface area contributed by atoms with Crippen LogP contribution in [-0.4, -0.2) is 49.6 Å². The minimum atomic E-state index is -3.97. The second-order valence-electron chi connectivity index (χ2n) is 9.46. The number of aliphatic hydroxyl groups is 1. The predicted octanol–water partition coefficient (Wildman–Crippen LogP) is 4.23. The zero-order chi connectivity index (χ0) is 24.1. The third-order valence-corrected chi connectivity index (χ3v) is 7.98. The molecular formula is C24H35FN2O5S. The van der Waals surface area contributed by atoms with Crippen molar-refractivity contribution in [3.05, 3.63) is 29.6 Å². The first kappa shape index (κ1) is 25.9. The van der Waals surface area contributed by atoms with E-state index in [4.69, 9.17) is 9.29 Å². The Morgan fingerprint density at radius 2 is 2.09 bits per heavy atom. The van der Waals surface area contributed by atoms with Gasteiger partial charge in [0.25, 0.3) is 10.1 Å². The summed E-state index contributed by atoms with van der Waals surface area (Å²) in [6.45, 7) is 3.26. The number of hydrogen-bond acceptors (Lipinski definition) is 6. The fourth-order valence-electron chi connectivity index (χ4n) is 5.29. The molecule has 0 amide bonds. The molecule has 9 heteroatoms. The third kappa shape index (κ3) is 6.44. The van der Waals surface area contributed by atoms with Gasteiger partial charge in [-0.05, 0) is 62.3 Å². The highest BCUT2D eigenvalue weighted by Crippen LogP contribution is 2.53. The van der Waals surface area contributed by atoms with Crippen LogP contribution in [0.3, 0.4) is 0 Å². The summed E-state index contributed by atoms with van der Waals surface area (Å²) in [5.41, 5.74) is 1.06. The van der Waals surface area contributed by atoms with Gasteiger partial charge in [0, 0.05) is 24.3 Å². The maximum Gasteiger partial charge on any atom is 0.264 e. The summed E-state index contributed by atoms with van der Waals surface area (Å²) in [4.78, 5) is 1.98. The summed E-state index contributed by atoms with van der Waals surface area (Å²) in [7, 11) is -3.97. The van der Waals surface area contributed by atoms with Crippen molar-refractivity contribution in [2.75, 3.05) is 30.4 Å². The number of halogens is 1. The van der Waals surface area contributed by atoms with Gasteiger partial charge in [-0.2, -0.15) is 13.7 Å². The summed E-state index contributed by atoms with van der Waals surface area (Å²) in [6, 6.07) is 6.78. The van der Waals surface area contributed by atoms with E-state index in [0.717, 1.165) is 32.1 Å². The number of hydrogen-bond donors (Lipinski definition) is 2. The highest BCUT2D eigenvalue weighted by molar-refractivity contribution is 7.85. The Hall–Kier alpha value is -1.73. The van der Waals surface area contributed by atoms with Gasteiger partial charge in [-0.3, -0.25) is 4.55 Å². The Kier molecular flexibility index (Phi) is 8.73. The van der Waals surface area contributed by atoms with Crippen LogP contribution in [0.2, 0.25) is 0 Å². The molecular weight excluding hydrogens is 447 g/mol. The average molecular weight is 483 g/mol. The summed E-state index contributed by atoms with van der Waals surface area (Å²) >= 11 is 0. The van der Waals surface area contributed by atoms with Crippen LogP contribution < -0.4 is 4.90 Å². The highest BCUT2D eigenvalue weighted by Gasteiger charge is 2.43. The van der Waals surface area contributed by atoms with E-state index < -0.39 is 22.0 Å². The molecule has 33 heavy (non-hydrogen) atoms. The molecule has 1 heterocycles. The van der Waals surface area contributed by atoms with E-state index in [0.29, 0.717) is 43.7 Å². The van der Waals surface area contributed by atoms with E-state index in [-0.39, 0.29) is 29.7 Å². The lowest BCUT2D eigenvalue weighted by molar-refractivity contribution is -0.0441. The molecule has 184 valence electrons. The van der Waals surface area contributed by atoms with Crippen molar-refractivity contribution in [3.63, 3.8) is 0 Å². The number of nitrogens with zero attached hydrogens (tertiary/aromatic N) is 2. The summed E-state index contributed by atoms with van der Waals surface area (Å²) in [5, 5.41) is 20.7. The standard InChI is InChI=1S/C24H35FN2O5S/c1-2-7-24(8-5-9-24)23(28)19-13-20(25)15-21(14-19)27-10-6-18(16-26)22(27)17-32-11-3-4-12-33(29,30)31/h13-15,18,22-23,28H,2-12,17H2,1H3,(H,29,30,31).